The fourth-order valence-electron chi connectivity index (χ4n) is 1.73. The van der Waals surface area contributed by atoms with E-state index in [1.54, 1.807) is 0 Å². The molecule has 2 aromatic rings. The van der Waals surface area contributed by atoms with Crippen molar-refractivity contribution in [3.05, 3.63) is 39.1 Å². The normalized spacial score (nSPS) is 11.9. The van der Waals surface area contributed by atoms with Crippen molar-refractivity contribution in [2.45, 2.75) is 26.2 Å². The van der Waals surface area contributed by atoms with Gasteiger partial charge >= 0.3 is 0 Å². The summed E-state index contributed by atoms with van der Waals surface area (Å²) >= 11 is 2.09. The highest BCUT2D eigenvalue weighted by Crippen LogP contribution is 2.31. The van der Waals surface area contributed by atoms with E-state index < -0.39 is 11.6 Å². The lowest BCUT2D eigenvalue weighted by Crippen LogP contribution is -2.14. The van der Waals surface area contributed by atoms with Crippen LogP contribution in [0.15, 0.2) is 18.2 Å². The smallest absolute Gasteiger partial charge is 0.151 e. The number of nitrogen functional groups attached to an aromatic ring is 1. The van der Waals surface area contributed by atoms with E-state index in [1.165, 1.54) is 16.8 Å². The Kier molecular flexibility index (Phi) is 3.55. The van der Waals surface area contributed by atoms with Crippen molar-refractivity contribution in [3.8, 4) is 5.69 Å². The van der Waals surface area contributed by atoms with Crippen molar-refractivity contribution in [1.82, 2.24) is 9.78 Å². The van der Waals surface area contributed by atoms with Gasteiger partial charge in [0, 0.05) is 11.5 Å². The molecule has 0 unspecified atom stereocenters. The molecule has 0 aliphatic heterocycles. The molecule has 0 atom stereocenters. The Bertz CT molecular complexity index is 630. The van der Waals surface area contributed by atoms with Gasteiger partial charge < -0.3 is 5.73 Å². The summed E-state index contributed by atoms with van der Waals surface area (Å²) in [5, 5.41) is 4.36. The molecule has 0 fully saturated rings. The molecule has 0 radical (unpaired) electrons. The molecule has 0 spiro atoms. The predicted molar refractivity (Wildman–Crippen MR) is 79.3 cm³/mol. The summed E-state index contributed by atoms with van der Waals surface area (Å²) < 4.78 is 28.8. The minimum Gasteiger partial charge on any atom is -0.383 e. The molecular weight excluding hydrogens is 363 g/mol. The first kappa shape index (κ1) is 14.2. The number of nitrogens with two attached hydrogens (primary N) is 1. The lowest BCUT2D eigenvalue weighted by Gasteiger charge is -2.15. The summed E-state index contributed by atoms with van der Waals surface area (Å²) in [6.07, 6.45) is 0. The van der Waals surface area contributed by atoms with Crippen LogP contribution in [0, 0.1) is 15.2 Å². The molecule has 0 bridgehead atoms. The zero-order valence-electron chi connectivity index (χ0n) is 10.8. The molecule has 6 heteroatoms. The van der Waals surface area contributed by atoms with Gasteiger partial charge in [0.05, 0.1) is 9.26 Å². The lowest BCUT2D eigenvalue weighted by atomic mass is 9.92. The molecule has 2 N–H and O–H groups in total. The van der Waals surface area contributed by atoms with Gasteiger partial charge in [0.1, 0.15) is 17.3 Å². The Morgan fingerprint density at radius 1 is 1.26 bits per heavy atom. The number of aromatic nitrogens is 2. The van der Waals surface area contributed by atoms with E-state index in [4.69, 9.17) is 5.73 Å². The van der Waals surface area contributed by atoms with Crippen LogP contribution >= 0.6 is 22.6 Å². The average molecular weight is 377 g/mol. The maximum atomic E-state index is 13.8. The highest BCUT2D eigenvalue weighted by Gasteiger charge is 2.25. The van der Waals surface area contributed by atoms with Crippen molar-refractivity contribution in [3.63, 3.8) is 0 Å². The average Bonchev–Trinajstić information content (AvgIpc) is 2.56. The van der Waals surface area contributed by atoms with E-state index in [2.05, 4.69) is 27.7 Å². The van der Waals surface area contributed by atoms with Crippen molar-refractivity contribution in [2.24, 2.45) is 0 Å². The summed E-state index contributed by atoms with van der Waals surface area (Å²) in [4.78, 5) is 0. The van der Waals surface area contributed by atoms with E-state index in [0.717, 1.165) is 15.3 Å². The number of benzene rings is 1. The molecule has 19 heavy (non-hydrogen) atoms. The van der Waals surface area contributed by atoms with Crippen molar-refractivity contribution in [1.29, 1.82) is 0 Å². The van der Waals surface area contributed by atoms with Gasteiger partial charge in [0.15, 0.2) is 5.82 Å². The molecule has 1 heterocycles. The van der Waals surface area contributed by atoms with Crippen molar-refractivity contribution >= 4 is 28.4 Å². The summed E-state index contributed by atoms with van der Waals surface area (Å²) in [7, 11) is 0. The number of rotatable bonds is 1. The largest absolute Gasteiger partial charge is 0.383 e. The Balaban J connectivity index is 2.64. The Labute approximate surface area is 123 Å². The van der Waals surface area contributed by atoms with E-state index in [-0.39, 0.29) is 11.1 Å². The molecule has 3 nitrogen and oxygen atoms in total. The number of halogens is 3. The summed E-state index contributed by atoms with van der Waals surface area (Å²) in [6, 6.07) is 3.33. The minimum absolute atomic E-state index is 0.146. The Morgan fingerprint density at radius 3 is 2.37 bits per heavy atom. The van der Waals surface area contributed by atoms with E-state index in [9.17, 15) is 8.78 Å². The quantitative estimate of drug-likeness (QED) is 0.772. The molecular formula is C13H14F2IN3. The maximum absolute atomic E-state index is 13.8. The molecule has 0 saturated carbocycles. The number of hydrogen-bond donors (Lipinski definition) is 1. The Morgan fingerprint density at radius 2 is 1.89 bits per heavy atom. The van der Waals surface area contributed by atoms with Crippen molar-refractivity contribution < 1.29 is 8.78 Å². The topological polar surface area (TPSA) is 43.8 Å². The number of nitrogens with zero attached hydrogens (tertiary/aromatic N) is 2. The lowest BCUT2D eigenvalue weighted by molar-refractivity contribution is 0.549. The van der Waals surface area contributed by atoms with Crippen LogP contribution in [0.5, 0.6) is 0 Å². The van der Waals surface area contributed by atoms with Gasteiger partial charge in [-0.15, -0.1) is 0 Å². The first-order valence-corrected chi connectivity index (χ1v) is 6.79. The maximum Gasteiger partial charge on any atom is 0.151 e. The third kappa shape index (κ3) is 2.58. The van der Waals surface area contributed by atoms with Crippen LogP contribution in [0.2, 0.25) is 0 Å². The Hall–Kier alpha value is -1.18. The molecule has 1 aromatic heterocycles. The van der Waals surface area contributed by atoms with E-state index in [0.29, 0.717) is 5.82 Å². The van der Waals surface area contributed by atoms with Crippen LogP contribution in [0.25, 0.3) is 5.69 Å². The first-order chi connectivity index (χ1) is 8.71. The second-order valence-electron chi connectivity index (χ2n) is 5.31. The highest BCUT2D eigenvalue weighted by molar-refractivity contribution is 14.1. The SMILES string of the molecule is CC(C)(C)c1nn(-c2ccc(F)cc2F)c(N)c1I. The van der Waals surface area contributed by atoms with E-state index in [1.807, 2.05) is 20.8 Å². The molecule has 1 aromatic carbocycles. The molecule has 0 aliphatic carbocycles. The monoisotopic (exact) mass is 377 g/mol. The standard InChI is InChI=1S/C13H14F2IN3/c1-13(2,3)11-10(16)12(17)19(18-11)9-5-4-7(14)6-8(9)15/h4-6H,17H2,1-3H3. The number of anilines is 1. The van der Waals surface area contributed by atoms with Crippen LogP contribution in [-0.4, -0.2) is 9.78 Å². The number of hydrogen-bond acceptors (Lipinski definition) is 2. The minimum atomic E-state index is -0.689. The van der Waals surface area contributed by atoms with Crippen LogP contribution in [0.4, 0.5) is 14.6 Å². The van der Waals surface area contributed by atoms with Gasteiger partial charge in [-0.25, -0.2) is 13.5 Å². The van der Waals surface area contributed by atoms with Gasteiger partial charge in [-0.05, 0) is 34.7 Å². The van der Waals surface area contributed by atoms with Gasteiger partial charge in [-0.2, -0.15) is 5.10 Å². The molecule has 102 valence electrons. The second kappa shape index (κ2) is 4.73. The van der Waals surface area contributed by atoms with Crippen LogP contribution in [-0.2, 0) is 5.41 Å². The van der Waals surface area contributed by atoms with Gasteiger partial charge in [0.2, 0.25) is 0 Å². The molecule has 0 saturated heterocycles. The third-order valence-corrected chi connectivity index (χ3v) is 3.77. The second-order valence-corrected chi connectivity index (χ2v) is 6.38. The van der Waals surface area contributed by atoms with E-state index >= 15 is 0 Å². The summed E-state index contributed by atoms with van der Waals surface area (Å²) in [5.41, 5.74) is 6.70. The molecule has 0 amide bonds. The zero-order chi connectivity index (χ0) is 14.4. The van der Waals surface area contributed by atoms with Crippen molar-refractivity contribution in [2.75, 3.05) is 5.73 Å². The molecule has 0 aliphatic rings. The zero-order valence-corrected chi connectivity index (χ0v) is 13.0. The summed E-state index contributed by atoms with van der Waals surface area (Å²) in [6.45, 7) is 6.01. The van der Waals surface area contributed by atoms with Crippen LogP contribution in [0.3, 0.4) is 0 Å². The van der Waals surface area contributed by atoms with Crippen LogP contribution < -0.4 is 5.73 Å². The highest BCUT2D eigenvalue weighted by atomic mass is 127. The van der Waals surface area contributed by atoms with Gasteiger partial charge in [0.25, 0.3) is 0 Å². The van der Waals surface area contributed by atoms with Gasteiger partial charge in [-0.3, -0.25) is 0 Å². The summed E-state index contributed by atoms with van der Waals surface area (Å²) in [5.74, 6) is -0.959. The predicted octanol–water partition coefficient (Wildman–Crippen LogP) is 3.63. The van der Waals surface area contributed by atoms with Crippen LogP contribution in [0.1, 0.15) is 26.5 Å². The van der Waals surface area contributed by atoms with Gasteiger partial charge in [-0.1, -0.05) is 20.8 Å². The first-order valence-electron chi connectivity index (χ1n) is 5.71. The fourth-order valence-corrected chi connectivity index (χ4v) is 2.87. The molecule has 2 rings (SSSR count). The third-order valence-electron chi connectivity index (χ3n) is 2.71. The fraction of sp³-hybridized carbons (Fsp3) is 0.308.